The molecule has 1 aliphatic heterocycles. The molecule has 0 aliphatic carbocycles. The number of piperidine rings is 1. The molecule has 1 aliphatic rings. The molecule has 0 aromatic rings. The van der Waals surface area contributed by atoms with Crippen LogP contribution in [0.2, 0.25) is 0 Å². The molecule has 4 heteroatoms. The summed E-state index contributed by atoms with van der Waals surface area (Å²) >= 11 is 0. The van der Waals surface area contributed by atoms with Crippen molar-refractivity contribution in [2.24, 2.45) is 5.92 Å². The second-order valence-electron chi connectivity index (χ2n) is 4.90. The highest BCUT2D eigenvalue weighted by Crippen LogP contribution is 2.15. The first-order valence-corrected chi connectivity index (χ1v) is 6.24. The van der Waals surface area contributed by atoms with E-state index in [4.69, 9.17) is 0 Å². The van der Waals surface area contributed by atoms with Crippen LogP contribution in [0, 0.1) is 5.92 Å². The minimum atomic E-state index is 0.283. The molecule has 1 heterocycles. The summed E-state index contributed by atoms with van der Waals surface area (Å²) in [4.78, 5) is 16.0. The second-order valence-corrected chi connectivity index (χ2v) is 4.90. The zero-order valence-electron chi connectivity index (χ0n) is 10.8. The highest BCUT2D eigenvalue weighted by Gasteiger charge is 2.20. The molecule has 1 rings (SSSR count). The lowest BCUT2D eigenvalue weighted by atomic mass is 9.99. The van der Waals surface area contributed by atoms with E-state index >= 15 is 0 Å². The fraction of sp³-hybridized carbons (Fsp3) is 0.917. The third kappa shape index (κ3) is 4.49. The molecule has 1 fully saturated rings. The summed E-state index contributed by atoms with van der Waals surface area (Å²) in [7, 11) is 3.93. The van der Waals surface area contributed by atoms with Crippen molar-refractivity contribution in [1.82, 2.24) is 15.1 Å². The third-order valence-corrected chi connectivity index (χ3v) is 3.29. The van der Waals surface area contributed by atoms with E-state index < -0.39 is 0 Å². The summed E-state index contributed by atoms with van der Waals surface area (Å²) in [5.74, 6) is 1.07. The minimum absolute atomic E-state index is 0.283. The number of hydrogen-bond acceptors (Lipinski definition) is 3. The van der Waals surface area contributed by atoms with E-state index in [1.807, 2.05) is 19.0 Å². The van der Waals surface area contributed by atoms with Crippen LogP contribution in [0.3, 0.4) is 0 Å². The molecule has 94 valence electrons. The monoisotopic (exact) mass is 227 g/mol. The van der Waals surface area contributed by atoms with Crippen LogP contribution < -0.4 is 5.32 Å². The second kappa shape index (κ2) is 6.86. The van der Waals surface area contributed by atoms with Crippen molar-refractivity contribution in [3.63, 3.8) is 0 Å². The molecule has 0 unspecified atom stereocenters. The van der Waals surface area contributed by atoms with Crippen LogP contribution in [0.1, 0.15) is 19.8 Å². The number of carbonyl (C=O) groups excluding carboxylic acids is 1. The zero-order chi connectivity index (χ0) is 12.0. The van der Waals surface area contributed by atoms with E-state index in [0.29, 0.717) is 6.54 Å². The molecular formula is C12H25N3O. The van der Waals surface area contributed by atoms with Gasteiger partial charge in [0.25, 0.3) is 0 Å². The van der Waals surface area contributed by atoms with Crippen LogP contribution in [0.5, 0.6) is 0 Å². The number of carbonyl (C=O) groups is 1. The number of likely N-dealkylation sites (tertiary alicyclic amines) is 1. The predicted molar refractivity (Wildman–Crippen MR) is 66.4 cm³/mol. The third-order valence-electron chi connectivity index (χ3n) is 3.29. The normalized spacial score (nSPS) is 18.1. The van der Waals surface area contributed by atoms with Gasteiger partial charge in [-0.3, -0.25) is 9.69 Å². The lowest BCUT2D eigenvalue weighted by Gasteiger charge is -2.31. The van der Waals surface area contributed by atoms with E-state index in [1.54, 1.807) is 0 Å². The Morgan fingerprint density at radius 3 is 2.62 bits per heavy atom. The topological polar surface area (TPSA) is 35.6 Å². The summed E-state index contributed by atoms with van der Waals surface area (Å²) in [5.41, 5.74) is 0. The van der Waals surface area contributed by atoms with Crippen molar-refractivity contribution in [2.45, 2.75) is 19.8 Å². The molecule has 1 saturated heterocycles. The fourth-order valence-electron chi connectivity index (χ4n) is 1.97. The van der Waals surface area contributed by atoms with Gasteiger partial charge in [0.05, 0.1) is 6.54 Å². The first-order valence-electron chi connectivity index (χ1n) is 6.24. The van der Waals surface area contributed by atoms with E-state index in [1.165, 1.54) is 0 Å². The number of hydrogen-bond donors (Lipinski definition) is 1. The van der Waals surface area contributed by atoms with Gasteiger partial charge in [0.2, 0.25) is 5.91 Å². The van der Waals surface area contributed by atoms with Crippen molar-refractivity contribution in [3.05, 3.63) is 0 Å². The SMILES string of the molecule is CNCCN(C)CC(=O)N1CCC(C)CC1. The van der Waals surface area contributed by atoms with Crippen LogP contribution in [0.25, 0.3) is 0 Å². The molecule has 0 aromatic heterocycles. The van der Waals surface area contributed by atoms with Gasteiger partial charge in [-0.2, -0.15) is 0 Å². The first kappa shape index (κ1) is 13.5. The van der Waals surface area contributed by atoms with Gasteiger partial charge in [0, 0.05) is 26.2 Å². The van der Waals surface area contributed by atoms with Gasteiger partial charge in [0.1, 0.15) is 0 Å². The molecule has 1 amide bonds. The average Bonchev–Trinajstić information content (AvgIpc) is 2.27. The minimum Gasteiger partial charge on any atom is -0.342 e. The van der Waals surface area contributed by atoms with E-state index in [2.05, 4.69) is 17.1 Å². The maximum absolute atomic E-state index is 11.9. The van der Waals surface area contributed by atoms with Crippen LogP contribution in [-0.2, 0) is 4.79 Å². The molecule has 16 heavy (non-hydrogen) atoms. The van der Waals surface area contributed by atoms with Crippen molar-refractivity contribution in [3.8, 4) is 0 Å². The van der Waals surface area contributed by atoms with Crippen molar-refractivity contribution >= 4 is 5.91 Å². The quantitative estimate of drug-likeness (QED) is 0.738. The number of nitrogens with zero attached hydrogens (tertiary/aromatic N) is 2. The van der Waals surface area contributed by atoms with Crippen LogP contribution >= 0.6 is 0 Å². The molecule has 4 nitrogen and oxygen atoms in total. The van der Waals surface area contributed by atoms with Gasteiger partial charge in [-0.15, -0.1) is 0 Å². The molecule has 0 atom stereocenters. The van der Waals surface area contributed by atoms with Gasteiger partial charge < -0.3 is 10.2 Å². The summed E-state index contributed by atoms with van der Waals surface area (Å²) in [6.07, 6.45) is 2.32. The van der Waals surface area contributed by atoms with Crippen LogP contribution in [0.4, 0.5) is 0 Å². The average molecular weight is 227 g/mol. The standard InChI is InChI=1S/C12H25N3O/c1-11-4-7-15(8-5-11)12(16)10-14(3)9-6-13-2/h11,13H,4-10H2,1-3H3. The molecule has 0 radical (unpaired) electrons. The molecule has 0 bridgehead atoms. The predicted octanol–water partition coefficient (Wildman–Crippen LogP) is 0.396. The van der Waals surface area contributed by atoms with E-state index in [9.17, 15) is 4.79 Å². The highest BCUT2D eigenvalue weighted by molar-refractivity contribution is 5.78. The van der Waals surface area contributed by atoms with Crippen molar-refractivity contribution in [2.75, 3.05) is 46.8 Å². The molecule has 0 saturated carbocycles. The van der Waals surface area contributed by atoms with E-state index in [0.717, 1.165) is 44.9 Å². The smallest absolute Gasteiger partial charge is 0.236 e. The van der Waals surface area contributed by atoms with Gasteiger partial charge in [0.15, 0.2) is 0 Å². The van der Waals surface area contributed by atoms with Gasteiger partial charge in [-0.1, -0.05) is 6.92 Å². The lowest BCUT2D eigenvalue weighted by molar-refractivity contribution is -0.133. The van der Waals surface area contributed by atoms with Crippen molar-refractivity contribution in [1.29, 1.82) is 0 Å². The molecular weight excluding hydrogens is 202 g/mol. The first-order chi connectivity index (χ1) is 7.63. The summed E-state index contributed by atoms with van der Waals surface area (Å²) in [5, 5.41) is 3.09. The summed E-state index contributed by atoms with van der Waals surface area (Å²) in [6, 6.07) is 0. The maximum Gasteiger partial charge on any atom is 0.236 e. The Labute approximate surface area is 99.0 Å². The van der Waals surface area contributed by atoms with Crippen LogP contribution in [0.15, 0.2) is 0 Å². The maximum atomic E-state index is 11.9. The number of nitrogens with one attached hydrogen (secondary N) is 1. The zero-order valence-corrected chi connectivity index (χ0v) is 10.8. The molecule has 1 N–H and O–H groups in total. The summed E-state index contributed by atoms with van der Waals surface area (Å²) < 4.78 is 0. The Bertz CT molecular complexity index is 212. The Morgan fingerprint density at radius 2 is 2.06 bits per heavy atom. The number of rotatable bonds is 5. The molecule has 0 spiro atoms. The summed E-state index contributed by atoms with van der Waals surface area (Å²) in [6.45, 7) is 6.56. The largest absolute Gasteiger partial charge is 0.342 e. The van der Waals surface area contributed by atoms with Gasteiger partial charge in [-0.05, 0) is 32.9 Å². The Hall–Kier alpha value is -0.610. The Morgan fingerprint density at radius 1 is 1.44 bits per heavy atom. The van der Waals surface area contributed by atoms with Gasteiger partial charge >= 0.3 is 0 Å². The molecule has 0 aromatic carbocycles. The Kier molecular flexibility index (Phi) is 5.77. The highest BCUT2D eigenvalue weighted by atomic mass is 16.2. The fourth-order valence-corrected chi connectivity index (χ4v) is 1.97. The van der Waals surface area contributed by atoms with E-state index in [-0.39, 0.29) is 5.91 Å². The number of amides is 1. The van der Waals surface area contributed by atoms with Gasteiger partial charge in [-0.25, -0.2) is 0 Å². The number of likely N-dealkylation sites (N-methyl/N-ethyl adjacent to an activating group) is 2. The lowest BCUT2D eigenvalue weighted by Crippen LogP contribution is -2.44. The van der Waals surface area contributed by atoms with Crippen molar-refractivity contribution < 1.29 is 4.79 Å². The van der Waals surface area contributed by atoms with Crippen LogP contribution in [-0.4, -0.2) is 62.5 Å². The Balaban J connectivity index is 2.23.